The molecule has 0 bridgehead atoms. The first-order valence-corrected chi connectivity index (χ1v) is 13.1. The average Bonchev–Trinajstić information content (AvgIpc) is 3.42. The number of benzene rings is 2. The molecule has 2 aromatic carbocycles. The predicted molar refractivity (Wildman–Crippen MR) is 141 cm³/mol. The minimum absolute atomic E-state index is 0.0179. The van der Waals surface area contributed by atoms with Crippen LogP contribution in [0.4, 0.5) is 0 Å². The molecule has 0 saturated carbocycles. The highest BCUT2D eigenvalue weighted by atomic mass is 32.1. The second kappa shape index (κ2) is 14.2. The van der Waals surface area contributed by atoms with Gasteiger partial charge in [-0.1, -0.05) is 24.3 Å². The van der Waals surface area contributed by atoms with Crippen molar-refractivity contribution >= 4 is 29.1 Å². The molecule has 3 rings (SSSR count). The Hall–Kier alpha value is -3.65. The molecule has 0 aliphatic rings. The van der Waals surface area contributed by atoms with Gasteiger partial charge in [-0.25, -0.2) is 0 Å². The van der Waals surface area contributed by atoms with E-state index < -0.39 is 12.1 Å². The van der Waals surface area contributed by atoms with Gasteiger partial charge < -0.3 is 18.9 Å². The van der Waals surface area contributed by atoms with Crippen molar-refractivity contribution in [3.05, 3.63) is 81.5 Å². The number of carbonyl (C=O) groups is 3. The minimum atomic E-state index is -0.509. The molecular formula is C29H32O7S. The van der Waals surface area contributed by atoms with Crippen LogP contribution in [0.2, 0.25) is 0 Å². The standard InChI is InChI=1S/C29H32O7S/c1-4-34-29(32)14-12-26(23-8-6-5-7-20(23)2)36-27-17-22(35-18-21-15-16-37-19-21)9-10-24(27)25(30)11-13-28(31)33-3/h5-10,15-17,19,26H,4,11-14,18H2,1-3H3. The third-order valence-electron chi connectivity index (χ3n) is 5.74. The number of ether oxygens (including phenoxy) is 4. The molecule has 0 fully saturated rings. The molecule has 1 unspecified atom stereocenters. The number of rotatable bonds is 14. The van der Waals surface area contributed by atoms with Crippen molar-refractivity contribution in [3.8, 4) is 11.5 Å². The van der Waals surface area contributed by atoms with Crippen LogP contribution in [-0.2, 0) is 25.7 Å². The summed E-state index contributed by atoms with van der Waals surface area (Å²) in [5, 5.41) is 3.98. The molecule has 1 aromatic heterocycles. The van der Waals surface area contributed by atoms with Crippen LogP contribution in [0.25, 0.3) is 0 Å². The summed E-state index contributed by atoms with van der Waals surface area (Å²) in [7, 11) is 1.29. The smallest absolute Gasteiger partial charge is 0.305 e. The molecule has 0 spiro atoms. The summed E-state index contributed by atoms with van der Waals surface area (Å²) in [6, 6.07) is 14.8. The fraction of sp³-hybridized carbons (Fsp3) is 0.345. The molecule has 37 heavy (non-hydrogen) atoms. The van der Waals surface area contributed by atoms with Gasteiger partial charge in [0, 0.05) is 18.9 Å². The maximum absolute atomic E-state index is 13.1. The van der Waals surface area contributed by atoms with Crippen molar-refractivity contribution in [2.24, 2.45) is 0 Å². The van der Waals surface area contributed by atoms with E-state index in [1.165, 1.54) is 7.11 Å². The SMILES string of the molecule is CCOC(=O)CCC(Oc1cc(OCc2ccsc2)ccc1C(=O)CCC(=O)OC)c1ccccc1C. The Bertz CT molecular complexity index is 1190. The molecule has 0 N–H and O–H groups in total. The van der Waals surface area contributed by atoms with Gasteiger partial charge in [0.25, 0.3) is 0 Å². The van der Waals surface area contributed by atoms with Crippen LogP contribution in [0.3, 0.4) is 0 Å². The summed E-state index contributed by atoms with van der Waals surface area (Å²) in [6.07, 6.45) is -0.0396. The van der Waals surface area contributed by atoms with E-state index in [4.69, 9.17) is 14.2 Å². The lowest BCUT2D eigenvalue weighted by Gasteiger charge is -2.23. The van der Waals surface area contributed by atoms with E-state index in [1.807, 2.05) is 48.0 Å². The molecule has 1 heterocycles. The zero-order valence-corrected chi connectivity index (χ0v) is 22.2. The normalized spacial score (nSPS) is 11.4. The van der Waals surface area contributed by atoms with E-state index in [2.05, 4.69) is 4.74 Å². The summed E-state index contributed by atoms with van der Waals surface area (Å²) in [4.78, 5) is 36.8. The van der Waals surface area contributed by atoms with Gasteiger partial charge in [-0.2, -0.15) is 11.3 Å². The Morgan fingerprint density at radius 1 is 0.973 bits per heavy atom. The van der Waals surface area contributed by atoms with Crippen LogP contribution in [0.5, 0.6) is 11.5 Å². The molecule has 0 aliphatic heterocycles. The number of methoxy groups -OCH3 is 1. The van der Waals surface area contributed by atoms with Gasteiger partial charge in [0.2, 0.25) is 0 Å². The van der Waals surface area contributed by atoms with Gasteiger partial charge in [-0.15, -0.1) is 0 Å². The number of carbonyl (C=O) groups excluding carboxylic acids is 3. The monoisotopic (exact) mass is 524 g/mol. The number of hydrogen-bond donors (Lipinski definition) is 0. The summed E-state index contributed by atoms with van der Waals surface area (Å²) in [5.41, 5.74) is 3.28. The molecule has 196 valence electrons. The Balaban J connectivity index is 1.91. The summed E-state index contributed by atoms with van der Waals surface area (Å²) >= 11 is 1.59. The first-order valence-electron chi connectivity index (χ1n) is 12.2. The highest BCUT2D eigenvalue weighted by Gasteiger charge is 2.22. The molecule has 0 aliphatic carbocycles. The number of Topliss-reactive ketones (excluding diaryl/α,β-unsaturated/α-hetero) is 1. The Kier molecular flexibility index (Phi) is 10.7. The van der Waals surface area contributed by atoms with Gasteiger partial charge in [0.05, 0.1) is 25.7 Å². The minimum Gasteiger partial charge on any atom is -0.489 e. The third kappa shape index (κ3) is 8.46. The molecule has 0 amide bonds. The van der Waals surface area contributed by atoms with Crippen molar-refractivity contribution in [2.45, 2.75) is 52.2 Å². The van der Waals surface area contributed by atoms with E-state index in [0.717, 1.165) is 16.7 Å². The number of ketones is 1. The van der Waals surface area contributed by atoms with Crippen LogP contribution in [0.1, 0.15) is 65.8 Å². The van der Waals surface area contributed by atoms with Gasteiger partial charge in [0.1, 0.15) is 24.2 Å². The number of thiophene rings is 1. The topological polar surface area (TPSA) is 88.1 Å². The average molecular weight is 525 g/mol. The number of aryl methyl sites for hydroxylation is 1. The number of esters is 2. The summed E-state index contributed by atoms with van der Waals surface area (Å²) in [6.45, 7) is 4.42. The van der Waals surface area contributed by atoms with Gasteiger partial charge in [-0.05, 0) is 65.9 Å². The second-order valence-corrected chi connectivity index (χ2v) is 9.16. The van der Waals surface area contributed by atoms with E-state index >= 15 is 0 Å². The van der Waals surface area contributed by atoms with Crippen molar-refractivity contribution < 1.29 is 33.3 Å². The van der Waals surface area contributed by atoms with E-state index in [9.17, 15) is 14.4 Å². The first kappa shape index (κ1) is 27.9. The molecule has 7 nitrogen and oxygen atoms in total. The largest absolute Gasteiger partial charge is 0.489 e. The zero-order chi connectivity index (χ0) is 26.6. The molecular weight excluding hydrogens is 492 g/mol. The van der Waals surface area contributed by atoms with E-state index in [-0.39, 0.29) is 31.0 Å². The lowest BCUT2D eigenvalue weighted by molar-refractivity contribution is -0.143. The van der Waals surface area contributed by atoms with Gasteiger partial charge in [0.15, 0.2) is 5.78 Å². The summed E-state index contributed by atoms with van der Waals surface area (Å²) in [5.74, 6) is -0.154. The van der Waals surface area contributed by atoms with E-state index in [1.54, 1.807) is 36.5 Å². The van der Waals surface area contributed by atoms with Crippen LogP contribution in [0, 0.1) is 6.92 Å². The van der Waals surface area contributed by atoms with Gasteiger partial charge >= 0.3 is 11.9 Å². The zero-order valence-electron chi connectivity index (χ0n) is 21.4. The second-order valence-electron chi connectivity index (χ2n) is 8.38. The fourth-order valence-corrected chi connectivity index (χ4v) is 4.43. The van der Waals surface area contributed by atoms with Crippen LogP contribution >= 0.6 is 11.3 Å². The third-order valence-corrected chi connectivity index (χ3v) is 6.48. The molecule has 3 aromatic rings. The number of hydrogen-bond acceptors (Lipinski definition) is 8. The predicted octanol–water partition coefficient (Wildman–Crippen LogP) is 6.23. The fourth-order valence-electron chi connectivity index (χ4n) is 3.78. The highest BCUT2D eigenvalue weighted by molar-refractivity contribution is 7.07. The lowest BCUT2D eigenvalue weighted by Crippen LogP contribution is -2.15. The highest BCUT2D eigenvalue weighted by Crippen LogP contribution is 2.34. The quantitative estimate of drug-likeness (QED) is 0.182. The lowest BCUT2D eigenvalue weighted by atomic mass is 9.99. The van der Waals surface area contributed by atoms with E-state index in [0.29, 0.717) is 36.7 Å². The van der Waals surface area contributed by atoms with Crippen LogP contribution in [-0.4, -0.2) is 31.4 Å². The first-order chi connectivity index (χ1) is 17.9. The van der Waals surface area contributed by atoms with Crippen molar-refractivity contribution in [1.29, 1.82) is 0 Å². The Labute approximate surface area is 221 Å². The maximum Gasteiger partial charge on any atom is 0.305 e. The van der Waals surface area contributed by atoms with Crippen molar-refractivity contribution in [2.75, 3.05) is 13.7 Å². The molecule has 8 heteroatoms. The van der Waals surface area contributed by atoms with Crippen molar-refractivity contribution in [1.82, 2.24) is 0 Å². The molecule has 0 radical (unpaired) electrons. The van der Waals surface area contributed by atoms with Crippen molar-refractivity contribution in [3.63, 3.8) is 0 Å². The Morgan fingerprint density at radius 3 is 2.49 bits per heavy atom. The Morgan fingerprint density at radius 2 is 1.78 bits per heavy atom. The molecule has 1 atom stereocenters. The molecule has 0 saturated heterocycles. The maximum atomic E-state index is 13.1. The summed E-state index contributed by atoms with van der Waals surface area (Å²) < 4.78 is 22.2. The van der Waals surface area contributed by atoms with Crippen LogP contribution in [0.15, 0.2) is 59.3 Å². The van der Waals surface area contributed by atoms with Gasteiger partial charge in [-0.3, -0.25) is 14.4 Å². The van der Waals surface area contributed by atoms with Crippen LogP contribution < -0.4 is 9.47 Å².